The van der Waals surface area contributed by atoms with E-state index >= 15 is 0 Å². The number of guanidine groups is 3. The Morgan fingerprint density at radius 3 is 0.759 bits per heavy atom. The Morgan fingerprint density at radius 2 is 0.621 bits per heavy atom. The second-order valence-electron chi connectivity index (χ2n) is 9.03. The molecule has 0 radical (unpaired) electrons. The average molecular weight is 412 g/mol. The molecule has 0 spiro atoms. The van der Waals surface area contributed by atoms with Crippen molar-refractivity contribution in [1.82, 2.24) is 29.4 Å². The zero-order chi connectivity index (χ0) is 22.9. The van der Waals surface area contributed by atoms with Gasteiger partial charge in [0.25, 0.3) is 0 Å². The van der Waals surface area contributed by atoms with Crippen LogP contribution in [0, 0.1) is 5.41 Å². The van der Waals surface area contributed by atoms with Gasteiger partial charge in [-0.2, -0.15) is 0 Å². The maximum atomic E-state index is 4.91. The van der Waals surface area contributed by atoms with E-state index in [2.05, 4.69) is 6.92 Å². The summed E-state index contributed by atoms with van der Waals surface area (Å²) in [6.07, 6.45) is 0. The fraction of sp³-hybridized carbons (Fsp3) is 0.850. The Labute approximate surface area is 179 Å². The molecule has 0 aromatic carbocycles. The first kappa shape index (κ1) is 26.8. The van der Waals surface area contributed by atoms with Crippen LogP contribution in [0.3, 0.4) is 0 Å². The summed E-state index contributed by atoms with van der Waals surface area (Å²) in [7, 11) is 24.2. The first-order chi connectivity index (χ1) is 13.2. The topological polar surface area (TPSA) is 56.5 Å². The van der Waals surface area contributed by atoms with E-state index in [0.717, 1.165) is 17.9 Å². The summed E-state index contributed by atoms with van der Waals surface area (Å²) in [4.78, 5) is 26.9. The Hall–Kier alpha value is -2.19. The molecule has 0 aromatic rings. The van der Waals surface area contributed by atoms with Gasteiger partial charge >= 0.3 is 0 Å². The lowest BCUT2D eigenvalue weighted by molar-refractivity contribution is 0.346. The van der Waals surface area contributed by atoms with Crippen molar-refractivity contribution in [1.29, 1.82) is 0 Å². The zero-order valence-corrected chi connectivity index (χ0v) is 21.1. The number of rotatable bonds is 6. The fourth-order valence-corrected chi connectivity index (χ4v) is 2.98. The molecule has 9 heteroatoms. The molecule has 0 aliphatic heterocycles. The van der Waals surface area contributed by atoms with Gasteiger partial charge in [0.2, 0.25) is 0 Å². The van der Waals surface area contributed by atoms with Gasteiger partial charge in [0, 0.05) is 90.0 Å². The van der Waals surface area contributed by atoms with Crippen molar-refractivity contribution in [3.05, 3.63) is 0 Å². The molecule has 0 amide bonds. The number of hydrogen-bond acceptors (Lipinski definition) is 3. The number of nitrogens with zero attached hydrogens (tertiary/aromatic N) is 9. The van der Waals surface area contributed by atoms with Gasteiger partial charge in [-0.1, -0.05) is 6.92 Å². The third-order valence-electron chi connectivity index (χ3n) is 4.21. The molecule has 0 saturated carbocycles. The maximum Gasteiger partial charge on any atom is 0.195 e. The van der Waals surface area contributed by atoms with Gasteiger partial charge in [0.1, 0.15) is 0 Å². The molecule has 0 aromatic heterocycles. The van der Waals surface area contributed by atoms with Gasteiger partial charge in [0.05, 0.1) is 19.6 Å². The van der Waals surface area contributed by atoms with Crippen molar-refractivity contribution >= 4 is 17.9 Å². The quantitative estimate of drug-likeness (QED) is 0.467. The molecule has 0 aliphatic rings. The van der Waals surface area contributed by atoms with Crippen molar-refractivity contribution in [2.75, 3.05) is 104 Å². The van der Waals surface area contributed by atoms with Crippen LogP contribution in [0.5, 0.6) is 0 Å². The third kappa shape index (κ3) is 9.23. The van der Waals surface area contributed by atoms with Crippen LogP contribution in [0.1, 0.15) is 6.92 Å². The second kappa shape index (κ2) is 11.7. The van der Waals surface area contributed by atoms with Gasteiger partial charge in [-0.15, -0.1) is 0 Å². The van der Waals surface area contributed by atoms with Crippen molar-refractivity contribution in [3.63, 3.8) is 0 Å². The van der Waals surface area contributed by atoms with Gasteiger partial charge in [-0.3, -0.25) is 15.0 Å². The highest BCUT2D eigenvalue weighted by molar-refractivity contribution is 5.80. The highest BCUT2D eigenvalue weighted by Crippen LogP contribution is 2.20. The highest BCUT2D eigenvalue weighted by Gasteiger charge is 2.26. The summed E-state index contributed by atoms with van der Waals surface area (Å²) in [6, 6.07) is 0. The summed E-state index contributed by atoms with van der Waals surface area (Å²) in [5.41, 5.74) is -0.216. The van der Waals surface area contributed by atoms with Crippen LogP contribution in [0.25, 0.3) is 0 Å². The van der Waals surface area contributed by atoms with E-state index in [1.54, 1.807) is 0 Å². The van der Waals surface area contributed by atoms with Crippen LogP contribution in [0.15, 0.2) is 15.0 Å². The molecule has 0 fully saturated rings. The third-order valence-corrected chi connectivity index (χ3v) is 4.21. The summed E-state index contributed by atoms with van der Waals surface area (Å²) in [5, 5.41) is 0. The first-order valence-corrected chi connectivity index (χ1v) is 9.89. The monoisotopic (exact) mass is 411 g/mol. The van der Waals surface area contributed by atoms with E-state index in [0.29, 0.717) is 19.6 Å². The molecular weight excluding hydrogens is 366 g/mol. The lowest BCUT2D eigenvalue weighted by Crippen LogP contribution is -2.40. The molecule has 0 unspecified atom stereocenters. The lowest BCUT2D eigenvalue weighted by Gasteiger charge is -2.30. The molecule has 0 atom stereocenters. The van der Waals surface area contributed by atoms with Crippen LogP contribution in [-0.2, 0) is 0 Å². The van der Waals surface area contributed by atoms with Crippen LogP contribution in [-0.4, -0.2) is 151 Å². The molecule has 9 nitrogen and oxygen atoms in total. The SMILES string of the molecule is CN(C)C(=NCC(C)(CN=C(N(C)C)N(C)C)CN=C(N(C)C)N(C)C)N(C)C. The Balaban J connectivity index is 5.93. The Bertz CT molecular complexity index is 464. The minimum absolute atomic E-state index is 0.216. The van der Waals surface area contributed by atoms with Gasteiger partial charge in [-0.25, -0.2) is 0 Å². The maximum absolute atomic E-state index is 4.91. The van der Waals surface area contributed by atoms with Gasteiger partial charge < -0.3 is 29.4 Å². The number of hydrogen-bond donors (Lipinski definition) is 0. The molecule has 29 heavy (non-hydrogen) atoms. The molecule has 0 heterocycles. The fourth-order valence-electron chi connectivity index (χ4n) is 2.98. The largest absolute Gasteiger partial charge is 0.349 e. The molecule has 170 valence electrons. The summed E-state index contributed by atoms with van der Waals surface area (Å²) < 4.78 is 0. The molecule has 0 saturated heterocycles. The van der Waals surface area contributed by atoms with E-state index in [1.165, 1.54) is 0 Å². The van der Waals surface area contributed by atoms with Crippen molar-refractivity contribution in [2.45, 2.75) is 6.92 Å². The van der Waals surface area contributed by atoms with E-state index in [1.807, 2.05) is 114 Å². The number of aliphatic imine (C=N–C) groups is 3. The van der Waals surface area contributed by atoms with E-state index in [9.17, 15) is 0 Å². The van der Waals surface area contributed by atoms with Gasteiger partial charge in [-0.05, 0) is 0 Å². The van der Waals surface area contributed by atoms with E-state index in [-0.39, 0.29) is 5.41 Å². The first-order valence-electron chi connectivity index (χ1n) is 9.89. The van der Waals surface area contributed by atoms with Gasteiger partial charge in [0.15, 0.2) is 17.9 Å². The van der Waals surface area contributed by atoms with Crippen LogP contribution < -0.4 is 0 Å². The van der Waals surface area contributed by atoms with Crippen molar-refractivity contribution in [2.24, 2.45) is 20.4 Å². The van der Waals surface area contributed by atoms with E-state index in [4.69, 9.17) is 15.0 Å². The Kier molecular flexibility index (Phi) is 10.8. The van der Waals surface area contributed by atoms with Crippen LogP contribution in [0.2, 0.25) is 0 Å². The van der Waals surface area contributed by atoms with Crippen LogP contribution >= 0.6 is 0 Å². The lowest BCUT2D eigenvalue weighted by atomic mass is 9.91. The second-order valence-corrected chi connectivity index (χ2v) is 9.03. The summed E-state index contributed by atoms with van der Waals surface area (Å²) in [6.45, 7) is 4.11. The minimum atomic E-state index is -0.216. The van der Waals surface area contributed by atoms with Crippen molar-refractivity contribution < 1.29 is 0 Å². The minimum Gasteiger partial charge on any atom is -0.349 e. The summed E-state index contributed by atoms with van der Waals surface area (Å²) in [5.74, 6) is 2.81. The predicted octanol–water partition coefficient (Wildman–Crippen LogP) is 0.430. The standard InChI is InChI=1S/C20H45N9/c1-20(14-21-17(24(2)3)25(4)5,15-22-18(26(6)7)27(8)9)16-23-19(28(10)11)29(12)13/h14-16H2,1-13H3. The smallest absolute Gasteiger partial charge is 0.195 e. The molecule has 0 aliphatic carbocycles. The summed E-state index contributed by atoms with van der Waals surface area (Å²) >= 11 is 0. The van der Waals surface area contributed by atoms with E-state index < -0.39 is 0 Å². The van der Waals surface area contributed by atoms with Crippen molar-refractivity contribution in [3.8, 4) is 0 Å². The zero-order valence-electron chi connectivity index (χ0n) is 21.1. The van der Waals surface area contributed by atoms with Crippen LogP contribution in [0.4, 0.5) is 0 Å². The molecule has 0 bridgehead atoms. The molecule has 0 rings (SSSR count). The predicted molar refractivity (Wildman–Crippen MR) is 127 cm³/mol. The normalized spacial score (nSPS) is 10.7. The Morgan fingerprint density at radius 1 is 0.448 bits per heavy atom. The molecular formula is C20H45N9. The average Bonchev–Trinajstić information content (AvgIpc) is 2.53. The molecule has 0 N–H and O–H groups in total. The highest BCUT2D eigenvalue weighted by atomic mass is 15.4.